The van der Waals surface area contributed by atoms with Crippen molar-refractivity contribution in [3.8, 4) is 6.07 Å². The molecule has 0 aromatic heterocycles. The lowest BCUT2D eigenvalue weighted by molar-refractivity contribution is -0.142. The number of rotatable bonds is 5. The number of amides is 1. The molecule has 5 nitrogen and oxygen atoms in total. The van der Waals surface area contributed by atoms with Crippen LogP contribution in [0.25, 0.3) is 6.08 Å². The van der Waals surface area contributed by atoms with Gasteiger partial charge in [-0.25, -0.2) is 9.18 Å². The summed E-state index contributed by atoms with van der Waals surface area (Å²) in [5.41, 5.74) is 1.35. The summed E-state index contributed by atoms with van der Waals surface area (Å²) in [6, 6.07) is 14.0. The second kappa shape index (κ2) is 8.25. The van der Waals surface area contributed by atoms with Crippen molar-refractivity contribution in [3.63, 3.8) is 0 Å². The van der Waals surface area contributed by atoms with Crippen molar-refractivity contribution in [3.05, 3.63) is 71.6 Å². The van der Waals surface area contributed by atoms with Crippen LogP contribution in [-0.2, 0) is 14.3 Å². The predicted octanol–water partition coefficient (Wildman–Crippen LogP) is 2.89. The van der Waals surface area contributed by atoms with Crippen molar-refractivity contribution in [2.24, 2.45) is 0 Å². The van der Waals surface area contributed by atoms with Crippen molar-refractivity contribution in [2.75, 3.05) is 11.9 Å². The van der Waals surface area contributed by atoms with Gasteiger partial charge < -0.3 is 10.1 Å². The quantitative estimate of drug-likeness (QED) is 0.677. The fourth-order valence-corrected chi connectivity index (χ4v) is 1.82. The minimum atomic E-state index is -0.722. The monoisotopic (exact) mass is 324 g/mol. The Morgan fingerprint density at radius 3 is 2.75 bits per heavy atom. The predicted molar refractivity (Wildman–Crippen MR) is 86.2 cm³/mol. The minimum Gasteiger partial charge on any atom is -0.452 e. The number of esters is 1. The number of nitrogens with one attached hydrogen (secondary N) is 1. The summed E-state index contributed by atoms with van der Waals surface area (Å²) in [5, 5.41) is 11.3. The van der Waals surface area contributed by atoms with E-state index in [1.807, 2.05) is 6.07 Å². The Hall–Kier alpha value is -3.46. The number of hydrogen-bond acceptors (Lipinski definition) is 4. The van der Waals surface area contributed by atoms with E-state index in [1.54, 1.807) is 24.3 Å². The third-order valence-electron chi connectivity index (χ3n) is 2.88. The van der Waals surface area contributed by atoms with E-state index in [4.69, 9.17) is 10.00 Å². The number of carbonyl (C=O) groups is 2. The van der Waals surface area contributed by atoms with Crippen molar-refractivity contribution in [2.45, 2.75) is 0 Å². The van der Waals surface area contributed by atoms with Gasteiger partial charge in [0.25, 0.3) is 5.91 Å². The van der Waals surface area contributed by atoms with Gasteiger partial charge in [0.15, 0.2) is 6.61 Å². The lowest BCUT2D eigenvalue weighted by Crippen LogP contribution is -2.20. The first-order chi connectivity index (χ1) is 11.6. The number of carbonyl (C=O) groups excluding carboxylic acids is 2. The summed E-state index contributed by atoms with van der Waals surface area (Å²) in [5.74, 6) is -1.66. The molecule has 120 valence electrons. The van der Waals surface area contributed by atoms with E-state index < -0.39 is 24.3 Å². The minimum absolute atomic E-state index is 0.405. The van der Waals surface area contributed by atoms with Gasteiger partial charge in [0.2, 0.25) is 0 Å². The molecule has 1 amide bonds. The Labute approximate surface area is 138 Å². The Balaban J connectivity index is 1.82. The molecule has 0 aliphatic heterocycles. The molecule has 2 aromatic carbocycles. The summed E-state index contributed by atoms with van der Waals surface area (Å²) in [6.45, 7) is -0.469. The maximum Gasteiger partial charge on any atom is 0.331 e. The van der Waals surface area contributed by atoms with Crippen LogP contribution in [0.3, 0.4) is 0 Å². The summed E-state index contributed by atoms with van der Waals surface area (Å²) < 4.78 is 17.8. The lowest BCUT2D eigenvalue weighted by atomic mass is 10.2. The number of halogens is 1. The molecule has 0 unspecified atom stereocenters. The molecule has 0 spiro atoms. The molecule has 0 heterocycles. The zero-order valence-electron chi connectivity index (χ0n) is 12.5. The number of ether oxygens (including phenoxy) is 1. The number of anilines is 1. The summed E-state index contributed by atoms with van der Waals surface area (Å²) in [6.07, 6.45) is 2.50. The van der Waals surface area contributed by atoms with Crippen LogP contribution in [0.5, 0.6) is 0 Å². The fourth-order valence-electron chi connectivity index (χ4n) is 1.82. The lowest BCUT2D eigenvalue weighted by Gasteiger charge is -2.05. The first kappa shape index (κ1) is 16.9. The zero-order chi connectivity index (χ0) is 17.4. The van der Waals surface area contributed by atoms with Crippen LogP contribution in [0.2, 0.25) is 0 Å². The highest BCUT2D eigenvalue weighted by molar-refractivity contribution is 5.94. The second-order valence-corrected chi connectivity index (χ2v) is 4.74. The van der Waals surface area contributed by atoms with Crippen molar-refractivity contribution < 1.29 is 18.7 Å². The van der Waals surface area contributed by atoms with E-state index in [0.717, 1.165) is 6.08 Å². The molecule has 0 fully saturated rings. The van der Waals surface area contributed by atoms with Crippen LogP contribution in [0.1, 0.15) is 11.1 Å². The van der Waals surface area contributed by atoms with Crippen LogP contribution in [-0.4, -0.2) is 18.5 Å². The number of nitriles is 1. The van der Waals surface area contributed by atoms with Crippen LogP contribution in [0.15, 0.2) is 54.6 Å². The van der Waals surface area contributed by atoms with Gasteiger partial charge in [0, 0.05) is 11.8 Å². The molecule has 0 radical (unpaired) electrons. The molecule has 0 aliphatic rings. The molecule has 0 saturated carbocycles. The van der Waals surface area contributed by atoms with Gasteiger partial charge in [0.1, 0.15) is 5.82 Å². The highest BCUT2D eigenvalue weighted by Gasteiger charge is 2.06. The number of benzene rings is 2. The van der Waals surface area contributed by atoms with Gasteiger partial charge in [-0.05, 0) is 42.0 Å². The number of nitrogens with zero attached hydrogens (tertiary/aromatic N) is 1. The highest BCUT2D eigenvalue weighted by Crippen LogP contribution is 2.09. The van der Waals surface area contributed by atoms with Crippen molar-refractivity contribution >= 4 is 23.6 Å². The summed E-state index contributed by atoms with van der Waals surface area (Å²) in [7, 11) is 0. The van der Waals surface area contributed by atoms with Crippen LogP contribution >= 0.6 is 0 Å². The molecule has 0 aliphatic carbocycles. The molecular weight excluding hydrogens is 311 g/mol. The second-order valence-electron chi connectivity index (χ2n) is 4.74. The van der Waals surface area contributed by atoms with E-state index in [0.29, 0.717) is 16.8 Å². The van der Waals surface area contributed by atoms with E-state index in [1.165, 1.54) is 30.3 Å². The Morgan fingerprint density at radius 2 is 2.00 bits per heavy atom. The molecule has 0 bridgehead atoms. The van der Waals surface area contributed by atoms with Gasteiger partial charge >= 0.3 is 5.97 Å². The third kappa shape index (κ3) is 5.39. The van der Waals surface area contributed by atoms with Crippen LogP contribution in [0.4, 0.5) is 10.1 Å². The maximum atomic E-state index is 13.0. The van der Waals surface area contributed by atoms with E-state index in [-0.39, 0.29) is 0 Å². The Bertz CT molecular complexity index is 825. The average Bonchev–Trinajstić information content (AvgIpc) is 2.58. The smallest absolute Gasteiger partial charge is 0.331 e. The molecular formula is C18H13FN2O3. The van der Waals surface area contributed by atoms with Crippen LogP contribution in [0, 0.1) is 17.1 Å². The molecule has 2 rings (SSSR count). The Kier molecular flexibility index (Phi) is 5.81. The summed E-state index contributed by atoms with van der Waals surface area (Å²) in [4.78, 5) is 23.2. The van der Waals surface area contributed by atoms with Crippen molar-refractivity contribution in [1.29, 1.82) is 5.26 Å². The number of hydrogen-bond donors (Lipinski definition) is 1. The fraction of sp³-hybridized carbons (Fsp3) is 0.0556. The van der Waals surface area contributed by atoms with Gasteiger partial charge in [-0.1, -0.05) is 18.2 Å². The first-order valence-corrected chi connectivity index (χ1v) is 6.97. The van der Waals surface area contributed by atoms with Gasteiger partial charge in [0.05, 0.1) is 11.6 Å². The topological polar surface area (TPSA) is 79.2 Å². The standard InChI is InChI=1S/C18H13FN2O3/c19-15-5-1-3-13(9-15)7-8-18(23)24-12-17(22)21-16-6-2-4-14(10-16)11-20/h1-10H,12H2,(H,21,22)/b8-7+. The van der Waals surface area contributed by atoms with E-state index >= 15 is 0 Å². The van der Waals surface area contributed by atoms with Gasteiger partial charge in [-0.15, -0.1) is 0 Å². The zero-order valence-corrected chi connectivity index (χ0v) is 12.5. The van der Waals surface area contributed by atoms with E-state index in [2.05, 4.69) is 5.32 Å². The summed E-state index contributed by atoms with van der Waals surface area (Å²) >= 11 is 0. The average molecular weight is 324 g/mol. The van der Waals surface area contributed by atoms with Gasteiger partial charge in [-0.3, -0.25) is 4.79 Å². The van der Waals surface area contributed by atoms with Gasteiger partial charge in [-0.2, -0.15) is 5.26 Å². The molecule has 24 heavy (non-hydrogen) atoms. The van der Waals surface area contributed by atoms with Crippen molar-refractivity contribution in [1.82, 2.24) is 0 Å². The first-order valence-electron chi connectivity index (χ1n) is 6.97. The maximum absolute atomic E-state index is 13.0. The largest absolute Gasteiger partial charge is 0.452 e. The molecule has 0 saturated heterocycles. The normalized spacial score (nSPS) is 10.2. The SMILES string of the molecule is N#Cc1cccc(NC(=O)COC(=O)/C=C/c2cccc(F)c2)c1. The van der Waals surface area contributed by atoms with E-state index in [9.17, 15) is 14.0 Å². The molecule has 2 aromatic rings. The molecule has 0 atom stereocenters. The molecule has 1 N–H and O–H groups in total. The Morgan fingerprint density at radius 1 is 1.21 bits per heavy atom. The highest BCUT2D eigenvalue weighted by atomic mass is 19.1. The molecule has 6 heteroatoms. The third-order valence-corrected chi connectivity index (χ3v) is 2.88. The van der Waals surface area contributed by atoms with Crippen LogP contribution < -0.4 is 5.32 Å².